The standard InChI is InChI=1S/C17H23N3O3S/c1-5-20(6-2)17(21)13(4)24(22,23)11-16-12(3)18-14-9-7-8-10-15(14)19-16/h7-10,13H,5-6,11H2,1-4H3/t13-/m0/s1. The van der Waals surface area contributed by atoms with Gasteiger partial charge < -0.3 is 4.90 Å². The van der Waals surface area contributed by atoms with Gasteiger partial charge >= 0.3 is 0 Å². The lowest BCUT2D eigenvalue weighted by atomic mass is 10.2. The van der Waals surface area contributed by atoms with Gasteiger partial charge in [0.05, 0.1) is 28.2 Å². The van der Waals surface area contributed by atoms with Crippen LogP contribution in [0.1, 0.15) is 32.2 Å². The second kappa shape index (κ2) is 7.25. The van der Waals surface area contributed by atoms with Gasteiger partial charge in [0.2, 0.25) is 5.91 Å². The van der Waals surface area contributed by atoms with Crippen LogP contribution in [0.25, 0.3) is 11.0 Å². The predicted molar refractivity (Wildman–Crippen MR) is 94.3 cm³/mol. The number of nitrogens with zero attached hydrogens (tertiary/aromatic N) is 3. The number of carbonyl (C=O) groups excluding carboxylic acids is 1. The molecule has 0 saturated heterocycles. The Kier molecular flexibility index (Phi) is 5.54. The van der Waals surface area contributed by atoms with E-state index in [9.17, 15) is 13.2 Å². The number of aryl methyl sites for hydroxylation is 1. The number of sulfone groups is 1. The summed E-state index contributed by atoms with van der Waals surface area (Å²) in [6, 6.07) is 7.32. The van der Waals surface area contributed by atoms with Gasteiger partial charge in [-0.25, -0.2) is 18.4 Å². The van der Waals surface area contributed by atoms with Crippen LogP contribution in [-0.2, 0) is 20.4 Å². The average Bonchev–Trinajstić information content (AvgIpc) is 2.55. The van der Waals surface area contributed by atoms with Crippen LogP contribution in [0.4, 0.5) is 0 Å². The highest BCUT2D eigenvalue weighted by atomic mass is 32.2. The third-order valence-corrected chi connectivity index (χ3v) is 6.10. The molecule has 7 heteroatoms. The second-order valence-electron chi connectivity index (χ2n) is 5.70. The van der Waals surface area contributed by atoms with Gasteiger partial charge in [-0.05, 0) is 39.8 Å². The summed E-state index contributed by atoms with van der Waals surface area (Å²) in [6.07, 6.45) is 0. The van der Waals surface area contributed by atoms with Gasteiger partial charge in [0.1, 0.15) is 5.25 Å². The molecule has 1 amide bonds. The van der Waals surface area contributed by atoms with E-state index >= 15 is 0 Å². The molecule has 24 heavy (non-hydrogen) atoms. The van der Waals surface area contributed by atoms with Gasteiger partial charge in [0.25, 0.3) is 0 Å². The molecule has 0 unspecified atom stereocenters. The van der Waals surface area contributed by atoms with Crippen LogP contribution in [0.5, 0.6) is 0 Å². The highest BCUT2D eigenvalue weighted by molar-refractivity contribution is 7.92. The fourth-order valence-electron chi connectivity index (χ4n) is 2.52. The zero-order chi connectivity index (χ0) is 17.9. The van der Waals surface area contributed by atoms with Gasteiger partial charge in [-0.3, -0.25) is 4.79 Å². The maximum atomic E-state index is 12.7. The Labute approximate surface area is 142 Å². The first-order valence-electron chi connectivity index (χ1n) is 8.02. The predicted octanol–water partition coefficient (Wildman–Crippen LogP) is 2.11. The highest BCUT2D eigenvalue weighted by Gasteiger charge is 2.31. The summed E-state index contributed by atoms with van der Waals surface area (Å²) in [7, 11) is -3.66. The van der Waals surface area contributed by atoms with E-state index in [0.29, 0.717) is 30.0 Å². The minimum atomic E-state index is -3.66. The zero-order valence-corrected chi connectivity index (χ0v) is 15.3. The van der Waals surface area contributed by atoms with Crippen molar-refractivity contribution in [3.8, 4) is 0 Å². The SMILES string of the molecule is CCN(CC)C(=O)[C@H](C)S(=O)(=O)Cc1nc2ccccc2nc1C. The Morgan fingerprint density at radius 2 is 1.67 bits per heavy atom. The molecular formula is C17H23N3O3S. The van der Waals surface area contributed by atoms with Crippen LogP contribution in [0.2, 0.25) is 0 Å². The lowest BCUT2D eigenvalue weighted by Gasteiger charge is -2.22. The molecule has 1 aromatic heterocycles. The number of rotatable bonds is 6. The van der Waals surface area contributed by atoms with Crippen LogP contribution in [-0.4, -0.2) is 47.5 Å². The van der Waals surface area contributed by atoms with Crippen molar-refractivity contribution in [1.82, 2.24) is 14.9 Å². The van der Waals surface area contributed by atoms with Crippen LogP contribution >= 0.6 is 0 Å². The molecule has 1 aromatic carbocycles. The molecule has 0 aliphatic rings. The second-order valence-corrected chi connectivity index (χ2v) is 8.03. The number of fused-ring (bicyclic) bond motifs is 1. The van der Waals surface area contributed by atoms with Crippen molar-refractivity contribution >= 4 is 26.8 Å². The Balaban J connectivity index is 2.32. The third-order valence-electron chi connectivity index (χ3n) is 4.14. The lowest BCUT2D eigenvalue weighted by molar-refractivity contribution is -0.130. The molecule has 0 spiro atoms. The van der Waals surface area contributed by atoms with E-state index in [0.717, 1.165) is 5.52 Å². The summed E-state index contributed by atoms with van der Waals surface area (Å²) in [5.41, 5.74) is 2.34. The molecule has 0 aliphatic heterocycles. The minimum absolute atomic E-state index is 0.287. The summed E-state index contributed by atoms with van der Waals surface area (Å²) >= 11 is 0. The smallest absolute Gasteiger partial charge is 0.240 e. The van der Waals surface area contributed by atoms with E-state index in [4.69, 9.17) is 0 Å². The van der Waals surface area contributed by atoms with Crippen LogP contribution in [0.15, 0.2) is 24.3 Å². The number of para-hydroxylation sites is 2. The van der Waals surface area contributed by atoms with E-state index < -0.39 is 15.1 Å². The lowest BCUT2D eigenvalue weighted by Crippen LogP contribution is -2.41. The van der Waals surface area contributed by atoms with E-state index in [1.54, 1.807) is 13.0 Å². The van der Waals surface area contributed by atoms with Crippen molar-refractivity contribution in [1.29, 1.82) is 0 Å². The Hall–Kier alpha value is -2.02. The summed E-state index contributed by atoms with van der Waals surface area (Å²) in [6.45, 7) is 7.83. The van der Waals surface area contributed by atoms with Gasteiger partial charge in [-0.15, -0.1) is 0 Å². The maximum Gasteiger partial charge on any atom is 0.240 e. The number of amides is 1. The van der Waals surface area contributed by atoms with E-state index in [1.807, 2.05) is 32.0 Å². The van der Waals surface area contributed by atoms with Crippen LogP contribution < -0.4 is 0 Å². The quantitative estimate of drug-likeness (QED) is 0.798. The monoisotopic (exact) mass is 349 g/mol. The molecule has 0 radical (unpaired) electrons. The molecule has 6 nitrogen and oxygen atoms in total. The van der Waals surface area contributed by atoms with Crippen molar-refractivity contribution in [2.24, 2.45) is 0 Å². The van der Waals surface area contributed by atoms with Crippen LogP contribution in [0.3, 0.4) is 0 Å². The molecule has 0 aliphatic carbocycles. The number of hydrogen-bond acceptors (Lipinski definition) is 5. The topological polar surface area (TPSA) is 80.2 Å². The Morgan fingerprint density at radius 1 is 1.12 bits per heavy atom. The van der Waals surface area contributed by atoms with Gasteiger partial charge in [-0.2, -0.15) is 0 Å². The molecule has 0 bridgehead atoms. The van der Waals surface area contributed by atoms with E-state index in [-0.39, 0.29) is 11.7 Å². The van der Waals surface area contributed by atoms with E-state index in [1.165, 1.54) is 11.8 Å². The fraction of sp³-hybridized carbons (Fsp3) is 0.471. The summed E-state index contributed by atoms with van der Waals surface area (Å²) < 4.78 is 25.3. The first kappa shape index (κ1) is 18.3. The summed E-state index contributed by atoms with van der Waals surface area (Å²) in [5.74, 6) is -0.656. The first-order valence-corrected chi connectivity index (χ1v) is 9.74. The van der Waals surface area contributed by atoms with Crippen LogP contribution in [0, 0.1) is 6.92 Å². The molecule has 2 rings (SSSR count). The first-order chi connectivity index (χ1) is 11.3. The maximum absolute atomic E-state index is 12.7. The molecule has 0 N–H and O–H groups in total. The highest BCUT2D eigenvalue weighted by Crippen LogP contribution is 2.17. The van der Waals surface area contributed by atoms with Crippen molar-refractivity contribution in [3.63, 3.8) is 0 Å². The summed E-state index contributed by atoms with van der Waals surface area (Å²) in [5, 5.41) is -1.09. The molecule has 130 valence electrons. The van der Waals surface area contributed by atoms with Crippen molar-refractivity contribution < 1.29 is 13.2 Å². The number of benzene rings is 1. The largest absolute Gasteiger partial charge is 0.342 e. The molecular weight excluding hydrogens is 326 g/mol. The number of aromatic nitrogens is 2. The average molecular weight is 349 g/mol. The van der Waals surface area contributed by atoms with E-state index in [2.05, 4.69) is 9.97 Å². The number of carbonyl (C=O) groups is 1. The summed E-state index contributed by atoms with van der Waals surface area (Å²) in [4.78, 5) is 22.7. The van der Waals surface area contributed by atoms with Gasteiger partial charge in [0.15, 0.2) is 9.84 Å². The van der Waals surface area contributed by atoms with Crippen molar-refractivity contribution in [3.05, 3.63) is 35.7 Å². The van der Waals surface area contributed by atoms with Crippen molar-refractivity contribution in [2.45, 2.75) is 38.7 Å². The molecule has 1 heterocycles. The third kappa shape index (κ3) is 3.72. The van der Waals surface area contributed by atoms with Gasteiger partial charge in [0, 0.05) is 13.1 Å². The fourth-order valence-corrected chi connectivity index (χ4v) is 3.88. The molecule has 0 saturated carbocycles. The number of hydrogen-bond donors (Lipinski definition) is 0. The molecule has 2 aromatic rings. The van der Waals surface area contributed by atoms with Crippen molar-refractivity contribution in [2.75, 3.05) is 13.1 Å². The zero-order valence-electron chi connectivity index (χ0n) is 14.5. The molecule has 0 fully saturated rings. The van der Waals surface area contributed by atoms with Gasteiger partial charge in [-0.1, -0.05) is 12.1 Å². The minimum Gasteiger partial charge on any atom is -0.342 e. The normalized spacial score (nSPS) is 13.0. The Bertz CT molecular complexity index is 845. The Morgan fingerprint density at radius 3 is 2.21 bits per heavy atom. The molecule has 1 atom stereocenters.